The highest BCUT2D eigenvalue weighted by molar-refractivity contribution is 7.90. The maximum absolute atomic E-state index is 13.0. The minimum atomic E-state index is -3.31. The van der Waals surface area contributed by atoms with Crippen LogP contribution < -0.4 is 14.8 Å². The van der Waals surface area contributed by atoms with E-state index < -0.39 is 21.9 Å². The Kier molecular flexibility index (Phi) is 7.43. The van der Waals surface area contributed by atoms with Crippen LogP contribution in [0.3, 0.4) is 0 Å². The zero-order chi connectivity index (χ0) is 20.0. The standard InChI is InChI=1S/C18H28FN3O4S/c1-4-26-17-11-16(6-5-14(17)12-19)20-18(23)22-9-7-15(8-10-22)21-27(24,25)13(2)3/h5-6,11,13,15,21H,4,7-10,12H2,1-3H3,(H,20,23). The topological polar surface area (TPSA) is 87.7 Å². The highest BCUT2D eigenvalue weighted by Gasteiger charge is 2.27. The number of hydrogen-bond donors (Lipinski definition) is 2. The fourth-order valence-electron chi connectivity index (χ4n) is 2.80. The van der Waals surface area contributed by atoms with E-state index in [2.05, 4.69) is 10.0 Å². The lowest BCUT2D eigenvalue weighted by molar-refractivity contribution is 0.193. The number of piperidine rings is 1. The third-order valence-electron chi connectivity index (χ3n) is 4.50. The quantitative estimate of drug-likeness (QED) is 0.735. The maximum atomic E-state index is 13.0. The Morgan fingerprint density at radius 2 is 2.00 bits per heavy atom. The summed E-state index contributed by atoms with van der Waals surface area (Å²) in [5.41, 5.74) is 0.969. The van der Waals surface area contributed by atoms with Crippen molar-refractivity contribution in [2.24, 2.45) is 0 Å². The van der Waals surface area contributed by atoms with Crippen molar-refractivity contribution in [2.45, 2.75) is 51.6 Å². The lowest BCUT2D eigenvalue weighted by Gasteiger charge is -2.32. The van der Waals surface area contributed by atoms with Gasteiger partial charge in [0.2, 0.25) is 10.0 Å². The number of anilines is 1. The molecule has 0 radical (unpaired) electrons. The maximum Gasteiger partial charge on any atom is 0.321 e. The monoisotopic (exact) mass is 401 g/mol. The van der Waals surface area contributed by atoms with Crippen molar-refractivity contribution in [3.63, 3.8) is 0 Å². The van der Waals surface area contributed by atoms with Crippen LogP contribution in [0.15, 0.2) is 18.2 Å². The highest BCUT2D eigenvalue weighted by atomic mass is 32.2. The molecule has 2 amide bonds. The fraction of sp³-hybridized carbons (Fsp3) is 0.611. The predicted molar refractivity (Wildman–Crippen MR) is 103 cm³/mol. The molecule has 0 aliphatic carbocycles. The van der Waals surface area contributed by atoms with E-state index >= 15 is 0 Å². The van der Waals surface area contributed by atoms with Gasteiger partial charge in [-0.05, 0) is 39.7 Å². The van der Waals surface area contributed by atoms with Crippen molar-refractivity contribution in [1.29, 1.82) is 0 Å². The molecule has 0 saturated carbocycles. The Balaban J connectivity index is 1.92. The molecule has 1 aromatic carbocycles. The molecular weight excluding hydrogens is 373 g/mol. The summed E-state index contributed by atoms with van der Waals surface area (Å²) >= 11 is 0. The number of carbonyl (C=O) groups is 1. The van der Waals surface area contributed by atoms with Gasteiger partial charge in [0.25, 0.3) is 0 Å². The van der Waals surface area contributed by atoms with Crippen LogP contribution in [0.2, 0.25) is 0 Å². The molecule has 1 aromatic rings. The van der Waals surface area contributed by atoms with Crippen molar-refractivity contribution >= 4 is 21.7 Å². The van der Waals surface area contributed by atoms with E-state index in [0.717, 1.165) is 0 Å². The summed E-state index contributed by atoms with van der Waals surface area (Å²) in [6.07, 6.45) is 1.12. The van der Waals surface area contributed by atoms with Crippen LogP contribution in [0.5, 0.6) is 5.75 Å². The highest BCUT2D eigenvalue weighted by Crippen LogP contribution is 2.25. The van der Waals surface area contributed by atoms with Crippen molar-refractivity contribution in [3.05, 3.63) is 23.8 Å². The van der Waals surface area contributed by atoms with Gasteiger partial charge in [-0.2, -0.15) is 0 Å². The van der Waals surface area contributed by atoms with E-state index in [1.165, 1.54) is 0 Å². The van der Waals surface area contributed by atoms with Crippen LogP contribution in [0.4, 0.5) is 14.9 Å². The molecule has 0 aromatic heterocycles. The third-order valence-corrected chi connectivity index (χ3v) is 6.40. The molecule has 1 saturated heterocycles. The van der Waals surface area contributed by atoms with Gasteiger partial charge >= 0.3 is 6.03 Å². The van der Waals surface area contributed by atoms with Crippen LogP contribution in [-0.2, 0) is 16.7 Å². The first-order valence-electron chi connectivity index (χ1n) is 9.15. The first-order valence-corrected chi connectivity index (χ1v) is 10.7. The molecule has 0 spiro atoms. The molecule has 152 valence electrons. The minimum Gasteiger partial charge on any atom is -0.493 e. The molecule has 0 unspecified atom stereocenters. The average Bonchev–Trinajstić information content (AvgIpc) is 2.62. The third kappa shape index (κ3) is 5.80. The Hall–Kier alpha value is -1.87. The van der Waals surface area contributed by atoms with Gasteiger partial charge in [-0.15, -0.1) is 0 Å². The molecule has 0 bridgehead atoms. The Labute approximate surface area is 160 Å². The molecule has 27 heavy (non-hydrogen) atoms. The molecule has 1 heterocycles. The smallest absolute Gasteiger partial charge is 0.321 e. The number of rotatable bonds is 7. The number of hydrogen-bond acceptors (Lipinski definition) is 4. The molecule has 0 atom stereocenters. The predicted octanol–water partition coefficient (Wildman–Crippen LogP) is 2.88. The number of sulfonamides is 1. The van der Waals surface area contributed by atoms with Gasteiger partial charge < -0.3 is 15.0 Å². The molecule has 2 N–H and O–H groups in total. The number of alkyl halides is 1. The van der Waals surface area contributed by atoms with E-state index in [0.29, 0.717) is 49.5 Å². The number of amides is 2. The summed E-state index contributed by atoms with van der Waals surface area (Å²) in [5.74, 6) is 0.416. The van der Waals surface area contributed by atoms with Crippen molar-refractivity contribution in [3.8, 4) is 5.75 Å². The lowest BCUT2D eigenvalue weighted by Crippen LogP contribution is -2.48. The van der Waals surface area contributed by atoms with Crippen LogP contribution >= 0.6 is 0 Å². The minimum absolute atomic E-state index is 0.158. The number of ether oxygens (including phenoxy) is 1. The second-order valence-corrected chi connectivity index (χ2v) is 9.06. The second kappa shape index (κ2) is 9.36. The summed E-state index contributed by atoms with van der Waals surface area (Å²) in [4.78, 5) is 14.1. The van der Waals surface area contributed by atoms with Crippen LogP contribution in [-0.4, -0.2) is 50.3 Å². The van der Waals surface area contributed by atoms with E-state index in [4.69, 9.17) is 4.74 Å². The van der Waals surface area contributed by atoms with E-state index in [-0.39, 0.29) is 12.1 Å². The second-order valence-electron chi connectivity index (χ2n) is 6.79. The molecule has 1 fully saturated rings. The summed E-state index contributed by atoms with van der Waals surface area (Å²) in [7, 11) is -3.31. The first kappa shape index (κ1) is 21.4. The SMILES string of the molecule is CCOc1cc(NC(=O)N2CCC(NS(=O)(=O)C(C)C)CC2)ccc1CF. The number of likely N-dealkylation sites (tertiary alicyclic amines) is 1. The summed E-state index contributed by atoms with van der Waals surface area (Å²) < 4.78 is 45.0. The molecule has 2 rings (SSSR count). The van der Waals surface area contributed by atoms with Gasteiger partial charge in [-0.25, -0.2) is 22.3 Å². The number of nitrogens with zero attached hydrogens (tertiary/aromatic N) is 1. The Morgan fingerprint density at radius 1 is 1.33 bits per heavy atom. The van der Waals surface area contributed by atoms with Gasteiger partial charge in [0.05, 0.1) is 11.9 Å². The number of nitrogens with one attached hydrogen (secondary N) is 2. The van der Waals surface area contributed by atoms with Crippen LogP contribution in [0, 0.1) is 0 Å². The van der Waals surface area contributed by atoms with Crippen LogP contribution in [0.1, 0.15) is 39.2 Å². The Bertz CT molecular complexity index is 747. The number of urea groups is 1. The summed E-state index contributed by atoms with van der Waals surface area (Å²) in [6, 6.07) is 4.41. The van der Waals surface area contributed by atoms with Crippen molar-refractivity contribution in [2.75, 3.05) is 25.0 Å². The molecular formula is C18H28FN3O4S. The van der Waals surface area contributed by atoms with Gasteiger partial charge in [0.1, 0.15) is 12.4 Å². The number of halogens is 1. The summed E-state index contributed by atoms with van der Waals surface area (Å²) in [6.45, 7) is 5.76. The van der Waals surface area contributed by atoms with E-state index in [1.54, 1.807) is 36.9 Å². The Morgan fingerprint density at radius 3 is 2.56 bits per heavy atom. The average molecular weight is 402 g/mol. The molecule has 7 nitrogen and oxygen atoms in total. The summed E-state index contributed by atoms with van der Waals surface area (Å²) in [5, 5.41) is 2.31. The van der Waals surface area contributed by atoms with E-state index in [1.807, 2.05) is 6.92 Å². The van der Waals surface area contributed by atoms with Gasteiger partial charge in [-0.1, -0.05) is 6.07 Å². The van der Waals surface area contributed by atoms with Crippen molar-refractivity contribution < 1.29 is 22.3 Å². The first-order chi connectivity index (χ1) is 12.8. The lowest BCUT2D eigenvalue weighted by atomic mass is 10.1. The van der Waals surface area contributed by atoms with Crippen molar-refractivity contribution in [1.82, 2.24) is 9.62 Å². The van der Waals surface area contributed by atoms with E-state index in [9.17, 15) is 17.6 Å². The van der Waals surface area contributed by atoms with Crippen LogP contribution in [0.25, 0.3) is 0 Å². The number of benzene rings is 1. The zero-order valence-electron chi connectivity index (χ0n) is 16.0. The molecule has 1 aliphatic heterocycles. The zero-order valence-corrected chi connectivity index (χ0v) is 16.8. The largest absolute Gasteiger partial charge is 0.493 e. The molecule has 1 aliphatic rings. The fourth-order valence-corrected chi connectivity index (χ4v) is 3.78. The molecule has 9 heteroatoms. The number of carbonyl (C=O) groups excluding carboxylic acids is 1. The van der Waals surface area contributed by atoms with Gasteiger partial charge in [0.15, 0.2) is 0 Å². The normalized spacial score (nSPS) is 15.8. The van der Waals surface area contributed by atoms with Gasteiger partial charge in [0, 0.05) is 36.4 Å². The van der Waals surface area contributed by atoms with Gasteiger partial charge in [-0.3, -0.25) is 0 Å².